The quantitative estimate of drug-likeness (QED) is 0.856. The molecule has 0 saturated carbocycles. The van der Waals surface area contributed by atoms with Crippen molar-refractivity contribution in [2.45, 2.75) is 0 Å². The van der Waals surface area contributed by atoms with Gasteiger partial charge < -0.3 is 14.4 Å². The predicted octanol–water partition coefficient (Wildman–Crippen LogP) is 3.41. The highest BCUT2D eigenvalue weighted by molar-refractivity contribution is 8.79. The summed E-state index contributed by atoms with van der Waals surface area (Å²) in [5.41, 5.74) is 1.05. The van der Waals surface area contributed by atoms with Gasteiger partial charge in [0.1, 0.15) is 12.4 Å². The lowest BCUT2D eigenvalue weighted by Gasteiger charge is -2.13. The second-order valence-corrected chi connectivity index (χ2v) is 6.73. The van der Waals surface area contributed by atoms with Gasteiger partial charge in [-0.1, -0.05) is 21.6 Å². The van der Waals surface area contributed by atoms with Crippen LogP contribution in [0.5, 0.6) is 5.75 Å². The zero-order valence-electron chi connectivity index (χ0n) is 11.2. The maximum Gasteiger partial charge on any atom is 0.120 e. The zero-order chi connectivity index (χ0) is 14.5. The van der Waals surface area contributed by atoms with E-state index in [2.05, 4.69) is 4.98 Å². The second kappa shape index (κ2) is 6.89. The van der Waals surface area contributed by atoms with Gasteiger partial charge in [0.15, 0.2) is 0 Å². The van der Waals surface area contributed by atoms with Crippen LogP contribution in [0.1, 0.15) is 0 Å². The van der Waals surface area contributed by atoms with Crippen molar-refractivity contribution in [3.05, 3.63) is 64.9 Å². The van der Waals surface area contributed by atoms with E-state index in [1.807, 2.05) is 47.2 Å². The molecule has 4 nitrogen and oxygen atoms in total. The highest BCUT2D eigenvalue weighted by Crippen LogP contribution is 2.39. The van der Waals surface area contributed by atoms with Crippen molar-refractivity contribution in [1.82, 2.24) is 9.55 Å². The van der Waals surface area contributed by atoms with Crippen LogP contribution in [0.25, 0.3) is 5.69 Å². The first-order valence-electron chi connectivity index (χ1n) is 6.41. The minimum absolute atomic E-state index is 0.0953. The molecule has 1 aliphatic rings. The third kappa shape index (κ3) is 3.72. The van der Waals surface area contributed by atoms with E-state index < -0.39 is 0 Å². The van der Waals surface area contributed by atoms with Gasteiger partial charge in [-0.25, -0.2) is 4.98 Å². The van der Waals surface area contributed by atoms with Gasteiger partial charge in [-0.15, -0.1) is 0 Å². The molecule has 0 amide bonds. The molecule has 0 spiro atoms. The van der Waals surface area contributed by atoms with Crippen LogP contribution in [0.15, 0.2) is 64.9 Å². The summed E-state index contributed by atoms with van der Waals surface area (Å²) in [4.78, 5) is 6.13. The van der Waals surface area contributed by atoms with Gasteiger partial charge in [0, 0.05) is 27.9 Å². The Hall–Kier alpha value is -1.63. The summed E-state index contributed by atoms with van der Waals surface area (Å²) in [6.45, 7) is 0.634. The molecule has 0 fully saturated rings. The number of aliphatic hydroxyl groups excluding tert-OH is 1. The molecule has 0 bridgehead atoms. The molecule has 1 aromatic carbocycles. The Morgan fingerprint density at radius 2 is 1.86 bits per heavy atom. The van der Waals surface area contributed by atoms with Crippen LogP contribution >= 0.6 is 21.6 Å². The van der Waals surface area contributed by atoms with Crippen LogP contribution in [0.4, 0.5) is 0 Å². The van der Waals surface area contributed by atoms with Crippen LogP contribution in [0.2, 0.25) is 0 Å². The average molecular weight is 318 g/mol. The molecular weight excluding hydrogens is 304 g/mol. The van der Waals surface area contributed by atoms with Crippen molar-refractivity contribution >= 4 is 21.6 Å². The molecule has 1 aliphatic heterocycles. The topological polar surface area (TPSA) is 47.3 Å². The molecule has 21 heavy (non-hydrogen) atoms. The van der Waals surface area contributed by atoms with E-state index >= 15 is 0 Å². The number of rotatable bonds is 5. The average Bonchev–Trinajstić information content (AvgIpc) is 3.08. The van der Waals surface area contributed by atoms with Gasteiger partial charge in [-0.3, -0.25) is 0 Å². The van der Waals surface area contributed by atoms with Crippen molar-refractivity contribution in [1.29, 1.82) is 0 Å². The van der Waals surface area contributed by atoms with Crippen LogP contribution in [0, 0.1) is 0 Å². The number of allylic oxidation sites excluding steroid dienone is 2. The lowest BCUT2D eigenvalue weighted by atomic mass is 10.3. The standard InChI is InChI=1S/C15H14N2O2S2/c18-9-14-5-6-15(21-20-14)10-19-13-3-1-12(2-4-13)17-8-7-16-11-17/h1-8,11,18H,9-10H2. The monoisotopic (exact) mass is 318 g/mol. The molecular formula is C15H14N2O2S2. The molecule has 0 aliphatic carbocycles. The molecule has 0 atom stereocenters. The van der Waals surface area contributed by atoms with Crippen LogP contribution in [0.3, 0.4) is 0 Å². The van der Waals surface area contributed by atoms with Crippen molar-refractivity contribution < 1.29 is 9.84 Å². The normalized spacial score (nSPS) is 14.5. The Morgan fingerprint density at radius 3 is 2.48 bits per heavy atom. The fraction of sp³-hybridized carbons (Fsp3) is 0.133. The summed E-state index contributed by atoms with van der Waals surface area (Å²) in [6.07, 6.45) is 9.35. The maximum atomic E-state index is 9.02. The minimum atomic E-state index is 0.0953. The first-order valence-corrected chi connectivity index (χ1v) is 8.56. The summed E-state index contributed by atoms with van der Waals surface area (Å²) in [5, 5.41) is 9.02. The largest absolute Gasteiger partial charge is 0.488 e. The Labute approximate surface area is 130 Å². The van der Waals surface area contributed by atoms with Crippen LogP contribution in [-0.2, 0) is 0 Å². The van der Waals surface area contributed by atoms with Crippen LogP contribution in [-0.4, -0.2) is 27.9 Å². The summed E-state index contributed by atoms with van der Waals surface area (Å²) in [6, 6.07) is 7.90. The van der Waals surface area contributed by atoms with Gasteiger partial charge in [0.25, 0.3) is 0 Å². The fourth-order valence-corrected chi connectivity index (χ4v) is 3.68. The molecule has 3 rings (SSSR count). The maximum absolute atomic E-state index is 9.02. The van der Waals surface area contributed by atoms with Gasteiger partial charge in [-0.05, 0) is 36.4 Å². The number of aromatic nitrogens is 2. The van der Waals surface area contributed by atoms with Gasteiger partial charge in [0.2, 0.25) is 0 Å². The number of imidazole rings is 1. The number of ether oxygens (including phenoxy) is 1. The third-order valence-corrected chi connectivity index (χ3v) is 5.45. The summed E-state index contributed by atoms with van der Waals surface area (Å²) in [7, 11) is 3.20. The molecule has 0 saturated heterocycles. The fourth-order valence-electron chi connectivity index (χ4n) is 1.78. The molecule has 1 N–H and O–H groups in total. The smallest absolute Gasteiger partial charge is 0.120 e. The van der Waals surface area contributed by atoms with Gasteiger partial charge >= 0.3 is 0 Å². The molecule has 0 unspecified atom stereocenters. The summed E-state index contributed by atoms with van der Waals surface area (Å²) in [5.74, 6) is 0.835. The van der Waals surface area contributed by atoms with Crippen LogP contribution < -0.4 is 4.74 Å². The second-order valence-electron chi connectivity index (χ2n) is 4.34. The Morgan fingerprint density at radius 1 is 1.10 bits per heavy atom. The third-order valence-electron chi connectivity index (χ3n) is 2.89. The van der Waals surface area contributed by atoms with E-state index in [1.165, 1.54) is 0 Å². The van der Waals surface area contributed by atoms with E-state index in [-0.39, 0.29) is 6.61 Å². The number of aliphatic hydroxyl groups is 1. The first kappa shape index (κ1) is 14.3. The lowest BCUT2D eigenvalue weighted by Crippen LogP contribution is -2.00. The number of benzene rings is 1. The molecule has 108 valence electrons. The Bertz CT molecular complexity index is 649. The number of nitrogens with zero attached hydrogens (tertiary/aromatic N) is 2. The van der Waals surface area contributed by atoms with Gasteiger partial charge in [-0.2, -0.15) is 0 Å². The summed E-state index contributed by atoms with van der Waals surface area (Å²) >= 11 is 0. The van der Waals surface area contributed by atoms with E-state index in [0.29, 0.717) is 6.61 Å². The molecule has 0 radical (unpaired) electrons. The van der Waals surface area contributed by atoms with Crippen molar-refractivity contribution in [3.8, 4) is 11.4 Å². The molecule has 6 heteroatoms. The van der Waals surface area contributed by atoms with E-state index in [9.17, 15) is 0 Å². The zero-order valence-corrected chi connectivity index (χ0v) is 12.8. The highest BCUT2D eigenvalue weighted by Gasteiger charge is 2.08. The molecule has 1 aromatic heterocycles. The number of hydrogen-bond acceptors (Lipinski definition) is 5. The Balaban J connectivity index is 1.59. The van der Waals surface area contributed by atoms with Crippen molar-refractivity contribution in [2.24, 2.45) is 0 Å². The SMILES string of the molecule is OCC1=CC=C(COc2ccc(-n3ccnc3)cc2)SS1. The van der Waals surface area contributed by atoms with E-state index in [4.69, 9.17) is 9.84 Å². The van der Waals surface area contributed by atoms with Crippen molar-refractivity contribution in [3.63, 3.8) is 0 Å². The molecule has 2 aromatic rings. The van der Waals surface area contributed by atoms with Crippen molar-refractivity contribution in [2.75, 3.05) is 13.2 Å². The van der Waals surface area contributed by atoms with Gasteiger partial charge in [0.05, 0.1) is 12.9 Å². The highest BCUT2D eigenvalue weighted by atomic mass is 33.1. The Kier molecular flexibility index (Phi) is 4.69. The predicted molar refractivity (Wildman–Crippen MR) is 87.5 cm³/mol. The van der Waals surface area contributed by atoms with E-state index in [0.717, 1.165) is 21.2 Å². The number of hydrogen-bond donors (Lipinski definition) is 1. The minimum Gasteiger partial charge on any atom is -0.488 e. The first-order chi connectivity index (χ1) is 10.3. The van der Waals surface area contributed by atoms with E-state index in [1.54, 1.807) is 34.1 Å². The molecule has 2 heterocycles. The lowest BCUT2D eigenvalue weighted by molar-refractivity contribution is 0.339. The summed E-state index contributed by atoms with van der Waals surface area (Å²) < 4.78 is 7.71.